The lowest BCUT2D eigenvalue weighted by atomic mass is 10.0. The summed E-state index contributed by atoms with van der Waals surface area (Å²) in [5.74, 6) is 0.210. The van der Waals surface area contributed by atoms with Crippen LogP contribution in [-0.2, 0) is 24.8 Å². The van der Waals surface area contributed by atoms with E-state index in [1.807, 2.05) is 38.1 Å². The first-order valence-corrected chi connectivity index (χ1v) is 11.0. The van der Waals surface area contributed by atoms with Gasteiger partial charge in [0.1, 0.15) is 17.2 Å². The Balaban J connectivity index is 1.58. The zero-order chi connectivity index (χ0) is 24.4. The molecule has 0 atom stereocenters. The number of methoxy groups -OCH3 is 1. The number of nitrogens with zero attached hydrogens (tertiary/aromatic N) is 3. The SMILES string of the molecule is COc1cccc(CNC(=O)CCc2c(C)c3c(C)nn(-c4cccc(F)c4)c3n(C)c2=O)c1. The van der Waals surface area contributed by atoms with Crippen molar-refractivity contribution in [3.63, 3.8) is 0 Å². The Morgan fingerprint density at radius 3 is 2.65 bits per heavy atom. The molecule has 176 valence electrons. The highest BCUT2D eigenvalue weighted by molar-refractivity contribution is 5.85. The highest BCUT2D eigenvalue weighted by atomic mass is 19.1. The average Bonchev–Trinajstić information content (AvgIpc) is 3.19. The first-order chi connectivity index (χ1) is 16.3. The molecule has 34 heavy (non-hydrogen) atoms. The zero-order valence-corrected chi connectivity index (χ0v) is 19.7. The number of amides is 1. The molecule has 0 aliphatic heterocycles. The predicted molar refractivity (Wildman–Crippen MR) is 129 cm³/mol. The van der Waals surface area contributed by atoms with Gasteiger partial charge >= 0.3 is 0 Å². The molecular formula is C26H27FN4O3. The van der Waals surface area contributed by atoms with Crippen LogP contribution in [0.5, 0.6) is 5.75 Å². The number of hydrogen-bond acceptors (Lipinski definition) is 4. The van der Waals surface area contributed by atoms with E-state index in [4.69, 9.17) is 4.74 Å². The number of aromatic nitrogens is 3. The summed E-state index contributed by atoms with van der Waals surface area (Å²) in [4.78, 5) is 25.7. The molecule has 2 aromatic heterocycles. The molecule has 0 fully saturated rings. The number of halogens is 1. The lowest BCUT2D eigenvalue weighted by Gasteiger charge is -2.13. The molecule has 0 saturated heterocycles. The van der Waals surface area contributed by atoms with Crippen molar-refractivity contribution in [2.45, 2.75) is 33.2 Å². The van der Waals surface area contributed by atoms with Crippen LogP contribution in [0.2, 0.25) is 0 Å². The number of fused-ring (bicyclic) bond motifs is 1. The van der Waals surface area contributed by atoms with Gasteiger partial charge < -0.3 is 10.1 Å². The second kappa shape index (κ2) is 9.51. The smallest absolute Gasteiger partial charge is 0.255 e. The van der Waals surface area contributed by atoms with E-state index in [-0.39, 0.29) is 23.7 Å². The number of carbonyl (C=O) groups excluding carboxylic acids is 1. The number of benzene rings is 2. The van der Waals surface area contributed by atoms with Crippen LogP contribution in [0, 0.1) is 19.7 Å². The normalized spacial score (nSPS) is 11.1. The fourth-order valence-electron chi connectivity index (χ4n) is 4.27. The van der Waals surface area contributed by atoms with Crippen LogP contribution in [0.25, 0.3) is 16.7 Å². The van der Waals surface area contributed by atoms with E-state index in [1.165, 1.54) is 16.7 Å². The molecule has 7 nitrogen and oxygen atoms in total. The Hall–Kier alpha value is -3.94. The van der Waals surface area contributed by atoms with Gasteiger partial charge in [0.05, 0.1) is 18.5 Å². The van der Waals surface area contributed by atoms with Crippen LogP contribution in [0.3, 0.4) is 0 Å². The summed E-state index contributed by atoms with van der Waals surface area (Å²) in [5, 5.41) is 8.31. The summed E-state index contributed by atoms with van der Waals surface area (Å²) in [6.45, 7) is 4.11. The molecule has 4 rings (SSSR count). The molecule has 0 spiro atoms. The third-order valence-corrected chi connectivity index (χ3v) is 6.02. The van der Waals surface area contributed by atoms with Gasteiger partial charge in [0.25, 0.3) is 5.56 Å². The summed E-state index contributed by atoms with van der Waals surface area (Å²) in [6, 6.07) is 13.6. The predicted octanol–water partition coefficient (Wildman–Crippen LogP) is 3.74. The van der Waals surface area contributed by atoms with Gasteiger partial charge in [-0.25, -0.2) is 9.07 Å². The summed E-state index contributed by atoms with van der Waals surface area (Å²) >= 11 is 0. The van der Waals surface area contributed by atoms with E-state index in [0.717, 1.165) is 28.0 Å². The summed E-state index contributed by atoms with van der Waals surface area (Å²) in [5.41, 5.74) is 3.97. The quantitative estimate of drug-likeness (QED) is 0.454. The number of carbonyl (C=O) groups is 1. The van der Waals surface area contributed by atoms with Gasteiger partial charge in [0.15, 0.2) is 0 Å². The van der Waals surface area contributed by atoms with Crippen molar-refractivity contribution in [1.82, 2.24) is 19.7 Å². The monoisotopic (exact) mass is 462 g/mol. The van der Waals surface area contributed by atoms with Gasteiger partial charge in [-0.1, -0.05) is 18.2 Å². The van der Waals surface area contributed by atoms with Gasteiger partial charge in [0, 0.05) is 31.0 Å². The van der Waals surface area contributed by atoms with Crippen molar-refractivity contribution in [3.05, 3.63) is 87.1 Å². The van der Waals surface area contributed by atoms with Crippen molar-refractivity contribution < 1.29 is 13.9 Å². The van der Waals surface area contributed by atoms with E-state index >= 15 is 0 Å². The largest absolute Gasteiger partial charge is 0.497 e. The van der Waals surface area contributed by atoms with Crippen LogP contribution >= 0.6 is 0 Å². The molecule has 2 aromatic carbocycles. The standard InChI is InChI=1S/C26H27FN4O3/c1-16-22(11-12-23(32)28-15-18-7-5-10-21(13-18)34-4)26(33)30(3)25-24(16)17(2)29-31(25)20-9-6-8-19(27)14-20/h5-10,13-14H,11-12,15H2,1-4H3,(H,28,32). The molecule has 1 amide bonds. The lowest BCUT2D eigenvalue weighted by molar-refractivity contribution is -0.121. The molecule has 1 N–H and O–H groups in total. The molecule has 0 aliphatic rings. The molecular weight excluding hydrogens is 435 g/mol. The van der Waals surface area contributed by atoms with Crippen LogP contribution in [0.15, 0.2) is 53.3 Å². The van der Waals surface area contributed by atoms with Crippen molar-refractivity contribution in [3.8, 4) is 11.4 Å². The van der Waals surface area contributed by atoms with Crippen LogP contribution in [-0.4, -0.2) is 27.4 Å². The second-order valence-corrected chi connectivity index (χ2v) is 8.27. The number of aryl methyl sites for hydroxylation is 3. The minimum absolute atomic E-state index is 0.142. The highest BCUT2D eigenvalue weighted by Gasteiger charge is 2.20. The van der Waals surface area contributed by atoms with Gasteiger partial charge in [-0.15, -0.1) is 0 Å². The zero-order valence-electron chi connectivity index (χ0n) is 19.7. The second-order valence-electron chi connectivity index (χ2n) is 8.27. The van der Waals surface area contributed by atoms with Gasteiger partial charge in [-0.2, -0.15) is 5.10 Å². The molecule has 0 radical (unpaired) electrons. The van der Waals surface area contributed by atoms with Crippen LogP contribution < -0.4 is 15.6 Å². The Labute approximate surface area is 196 Å². The van der Waals surface area contributed by atoms with Gasteiger partial charge in [-0.05, 0) is 61.7 Å². The molecule has 2 heterocycles. The van der Waals surface area contributed by atoms with Crippen LogP contribution in [0.1, 0.15) is 28.8 Å². The maximum atomic E-state index is 13.8. The highest BCUT2D eigenvalue weighted by Crippen LogP contribution is 2.26. The third-order valence-electron chi connectivity index (χ3n) is 6.02. The number of hydrogen-bond donors (Lipinski definition) is 1. The van der Waals surface area contributed by atoms with Crippen molar-refractivity contribution in [2.75, 3.05) is 7.11 Å². The van der Waals surface area contributed by atoms with E-state index < -0.39 is 0 Å². The minimum Gasteiger partial charge on any atom is -0.497 e. The van der Waals surface area contributed by atoms with Crippen molar-refractivity contribution in [1.29, 1.82) is 0 Å². The summed E-state index contributed by atoms with van der Waals surface area (Å²) < 4.78 is 22.1. The van der Waals surface area contributed by atoms with Gasteiger partial charge in [0.2, 0.25) is 5.91 Å². The maximum absolute atomic E-state index is 13.8. The summed E-state index contributed by atoms with van der Waals surface area (Å²) in [6.07, 6.45) is 0.492. The Morgan fingerprint density at radius 1 is 1.15 bits per heavy atom. The lowest BCUT2D eigenvalue weighted by Crippen LogP contribution is -2.27. The number of pyridine rings is 1. The number of ether oxygens (including phenoxy) is 1. The Bertz CT molecular complexity index is 1440. The van der Waals surface area contributed by atoms with E-state index in [2.05, 4.69) is 10.4 Å². The van der Waals surface area contributed by atoms with Gasteiger partial charge in [-0.3, -0.25) is 14.2 Å². The number of nitrogens with one attached hydrogen (secondary N) is 1. The first-order valence-electron chi connectivity index (χ1n) is 11.0. The van der Waals surface area contributed by atoms with Crippen molar-refractivity contribution in [2.24, 2.45) is 7.05 Å². The molecule has 8 heteroatoms. The minimum atomic E-state index is -0.378. The fraction of sp³-hybridized carbons (Fsp3) is 0.269. The maximum Gasteiger partial charge on any atom is 0.255 e. The van der Waals surface area contributed by atoms with E-state index in [0.29, 0.717) is 29.9 Å². The Morgan fingerprint density at radius 2 is 1.91 bits per heavy atom. The molecule has 0 unspecified atom stereocenters. The Kier molecular flexibility index (Phi) is 6.49. The van der Waals surface area contributed by atoms with Crippen LogP contribution in [0.4, 0.5) is 4.39 Å². The molecule has 0 bridgehead atoms. The molecule has 4 aromatic rings. The number of rotatable bonds is 7. The van der Waals surface area contributed by atoms with E-state index in [9.17, 15) is 14.0 Å². The summed E-state index contributed by atoms with van der Waals surface area (Å²) in [7, 11) is 3.27. The first kappa shape index (κ1) is 23.2. The van der Waals surface area contributed by atoms with Crippen molar-refractivity contribution >= 4 is 16.9 Å². The molecule has 0 aliphatic carbocycles. The third kappa shape index (κ3) is 4.44. The molecule has 0 saturated carbocycles. The van der Waals surface area contributed by atoms with E-state index in [1.54, 1.807) is 31.0 Å². The topological polar surface area (TPSA) is 78.2 Å². The average molecular weight is 463 g/mol. The fourth-order valence-corrected chi connectivity index (χ4v) is 4.27.